The summed E-state index contributed by atoms with van der Waals surface area (Å²) in [5, 5.41) is 12.3. The van der Waals surface area contributed by atoms with Crippen LogP contribution in [0.3, 0.4) is 0 Å². The van der Waals surface area contributed by atoms with Gasteiger partial charge >= 0.3 is 0 Å². The fourth-order valence-corrected chi connectivity index (χ4v) is 2.00. The summed E-state index contributed by atoms with van der Waals surface area (Å²) in [7, 11) is 0. The molecule has 0 aliphatic heterocycles. The van der Waals surface area contributed by atoms with Crippen LogP contribution in [0.15, 0.2) is 38.6 Å². The SMILES string of the molecule is Cc1cc(=O)[nH]c(Sc2cnc(C(N)=NO)cn2)n1. The number of oxime groups is 1. The van der Waals surface area contributed by atoms with Crippen LogP contribution in [-0.4, -0.2) is 31.0 Å². The first kappa shape index (κ1) is 13.0. The van der Waals surface area contributed by atoms with Crippen molar-refractivity contribution >= 4 is 17.6 Å². The molecule has 2 aromatic heterocycles. The third kappa shape index (κ3) is 3.28. The first-order valence-electron chi connectivity index (χ1n) is 5.14. The highest BCUT2D eigenvalue weighted by Gasteiger charge is 2.05. The van der Waals surface area contributed by atoms with Gasteiger partial charge in [-0.25, -0.2) is 15.0 Å². The second kappa shape index (κ2) is 5.48. The molecule has 0 saturated heterocycles. The van der Waals surface area contributed by atoms with Gasteiger partial charge in [-0.2, -0.15) is 0 Å². The Balaban J connectivity index is 2.22. The van der Waals surface area contributed by atoms with Gasteiger partial charge in [-0.3, -0.25) is 4.79 Å². The summed E-state index contributed by atoms with van der Waals surface area (Å²) in [6, 6.07) is 1.40. The normalized spacial score (nSPS) is 11.5. The maximum Gasteiger partial charge on any atom is 0.251 e. The topological polar surface area (TPSA) is 130 Å². The van der Waals surface area contributed by atoms with E-state index in [0.717, 1.165) is 11.8 Å². The summed E-state index contributed by atoms with van der Waals surface area (Å²) in [4.78, 5) is 26.1. The molecule has 19 heavy (non-hydrogen) atoms. The van der Waals surface area contributed by atoms with Gasteiger partial charge in [0, 0.05) is 11.8 Å². The number of H-pyrrole nitrogens is 1. The first-order valence-corrected chi connectivity index (χ1v) is 5.96. The van der Waals surface area contributed by atoms with Crippen molar-refractivity contribution in [1.29, 1.82) is 0 Å². The van der Waals surface area contributed by atoms with Crippen molar-refractivity contribution in [2.45, 2.75) is 17.1 Å². The van der Waals surface area contributed by atoms with E-state index in [0.29, 0.717) is 15.9 Å². The van der Waals surface area contributed by atoms with Gasteiger partial charge in [0.05, 0.1) is 12.4 Å². The van der Waals surface area contributed by atoms with E-state index < -0.39 is 0 Å². The molecule has 9 heteroatoms. The molecule has 0 aromatic carbocycles. The van der Waals surface area contributed by atoms with Crippen LogP contribution in [0.25, 0.3) is 0 Å². The van der Waals surface area contributed by atoms with Crippen molar-refractivity contribution in [2.75, 3.05) is 0 Å². The van der Waals surface area contributed by atoms with E-state index in [9.17, 15) is 4.79 Å². The lowest BCUT2D eigenvalue weighted by Crippen LogP contribution is -2.15. The van der Waals surface area contributed by atoms with Crippen molar-refractivity contribution in [3.8, 4) is 0 Å². The maximum atomic E-state index is 11.3. The van der Waals surface area contributed by atoms with Crippen LogP contribution in [0, 0.1) is 6.92 Å². The van der Waals surface area contributed by atoms with Crippen LogP contribution in [-0.2, 0) is 0 Å². The lowest BCUT2D eigenvalue weighted by atomic mass is 10.4. The smallest absolute Gasteiger partial charge is 0.251 e. The van der Waals surface area contributed by atoms with E-state index >= 15 is 0 Å². The van der Waals surface area contributed by atoms with Crippen LogP contribution in [0.2, 0.25) is 0 Å². The number of nitrogens with zero attached hydrogens (tertiary/aromatic N) is 4. The fraction of sp³-hybridized carbons (Fsp3) is 0.100. The Morgan fingerprint density at radius 3 is 2.84 bits per heavy atom. The molecule has 0 aliphatic rings. The van der Waals surface area contributed by atoms with Crippen LogP contribution < -0.4 is 11.3 Å². The van der Waals surface area contributed by atoms with Crippen molar-refractivity contribution < 1.29 is 5.21 Å². The van der Waals surface area contributed by atoms with Gasteiger partial charge in [0.15, 0.2) is 11.0 Å². The average Bonchev–Trinajstić information content (AvgIpc) is 2.37. The number of amidine groups is 1. The largest absolute Gasteiger partial charge is 0.409 e. The molecule has 0 spiro atoms. The molecule has 0 fully saturated rings. The standard InChI is InChI=1S/C10H10N6O2S/c1-5-2-7(17)15-10(14-5)19-8-4-12-6(3-13-8)9(11)16-18/h2-4,18H,1H3,(H2,11,16)(H,14,15,17). The molecule has 0 bridgehead atoms. The molecule has 2 rings (SSSR count). The average molecular weight is 278 g/mol. The Hall–Kier alpha value is -2.42. The van der Waals surface area contributed by atoms with Gasteiger partial charge in [-0.1, -0.05) is 5.16 Å². The van der Waals surface area contributed by atoms with E-state index in [1.54, 1.807) is 6.92 Å². The third-order valence-corrected chi connectivity index (χ3v) is 2.85. The minimum Gasteiger partial charge on any atom is -0.409 e. The lowest BCUT2D eigenvalue weighted by molar-refractivity contribution is 0.318. The maximum absolute atomic E-state index is 11.3. The molecule has 2 heterocycles. The Morgan fingerprint density at radius 1 is 1.47 bits per heavy atom. The number of aromatic amines is 1. The van der Waals surface area contributed by atoms with Crippen LogP contribution >= 0.6 is 11.8 Å². The molecular weight excluding hydrogens is 268 g/mol. The molecule has 0 unspecified atom stereocenters. The summed E-state index contributed by atoms with van der Waals surface area (Å²) in [6.45, 7) is 1.73. The Bertz CT molecular complexity index is 666. The molecule has 8 nitrogen and oxygen atoms in total. The molecule has 0 amide bonds. The number of aryl methyl sites for hydroxylation is 1. The first-order chi connectivity index (χ1) is 9.08. The van der Waals surface area contributed by atoms with E-state index in [1.807, 2.05) is 0 Å². The van der Waals surface area contributed by atoms with E-state index in [1.165, 1.54) is 18.5 Å². The monoisotopic (exact) mass is 278 g/mol. The highest BCUT2D eigenvalue weighted by Crippen LogP contribution is 2.20. The Labute approximate surface area is 111 Å². The van der Waals surface area contributed by atoms with Gasteiger partial charge in [-0.15, -0.1) is 0 Å². The molecule has 0 saturated carbocycles. The number of nitrogens with one attached hydrogen (secondary N) is 1. The highest BCUT2D eigenvalue weighted by molar-refractivity contribution is 7.99. The zero-order valence-corrected chi connectivity index (χ0v) is 10.7. The molecule has 98 valence electrons. The second-order valence-electron chi connectivity index (χ2n) is 3.52. The zero-order valence-electron chi connectivity index (χ0n) is 9.86. The quantitative estimate of drug-likeness (QED) is 0.239. The molecular formula is C10H10N6O2S. The minimum atomic E-state index is -0.226. The molecule has 0 radical (unpaired) electrons. The van der Waals surface area contributed by atoms with Crippen LogP contribution in [0.1, 0.15) is 11.4 Å². The number of hydrogen-bond donors (Lipinski definition) is 3. The number of aromatic nitrogens is 4. The zero-order chi connectivity index (χ0) is 13.8. The molecule has 0 atom stereocenters. The van der Waals surface area contributed by atoms with Gasteiger partial charge in [0.25, 0.3) is 5.56 Å². The number of hydrogen-bond acceptors (Lipinski definition) is 7. The Morgan fingerprint density at radius 2 is 2.26 bits per heavy atom. The lowest BCUT2D eigenvalue weighted by Gasteiger charge is -2.01. The van der Waals surface area contributed by atoms with Gasteiger partial charge in [0.1, 0.15) is 10.7 Å². The van der Waals surface area contributed by atoms with E-state index in [2.05, 4.69) is 25.1 Å². The fourth-order valence-electron chi connectivity index (χ4n) is 1.25. The Kier molecular flexibility index (Phi) is 3.76. The number of nitrogens with two attached hydrogens (primary N) is 1. The summed E-state index contributed by atoms with van der Waals surface area (Å²) in [5.41, 5.74) is 6.02. The van der Waals surface area contributed by atoms with Crippen LogP contribution in [0.4, 0.5) is 0 Å². The number of rotatable bonds is 3. The van der Waals surface area contributed by atoms with Crippen molar-refractivity contribution in [2.24, 2.45) is 10.9 Å². The predicted octanol–water partition coefficient (Wildman–Crippen LogP) is 0.114. The second-order valence-corrected chi connectivity index (χ2v) is 4.53. The van der Waals surface area contributed by atoms with Crippen molar-refractivity contribution in [3.05, 3.63) is 40.2 Å². The van der Waals surface area contributed by atoms with E-state index in [4.69, 9.17) is 10.9 Å². The molecule has 4 N–H and O–H groups in total. The summed E-state index contributed by atoms with van der Waals surface area (Å²) >= 11 is 1.16. The third-order valence-electron chi connectivity index (χ3n) is 2.05. The molecule has 0 aliphatic carbocycles. The highest BCUT2D eigenvalue weighted by atomic mass is 32.2. The van der Waals surface area contributed by atoms with Gasteiger partial charge in [-0.05, 0) is 18.7 Å². The van der Waals surface area contributed by atoms with Crippen molar-refractivity contribution in [1.82, 2.24) is 19.9 Å². The van der Waals surface area contributed by atoms with E-state index in [-0.39, 0.29) is 17.1 Å². The van der Waals surface area contributed by atoms with Crippen LogP contribution in [0.5, 0.6) is 0 Å². The minimum absolute atomic E-state index is 0.119. The summed E-state index contributed by atoms with van der Waals surface area (Å²) in [6.07, 6.45) is 2.81. The summed E-state index contributed by atoms with van der Waals surface area (Å²) in [5.74, 6) is -0.119. The van der Waals surface area contributed by atoms with Gasteiger partial charge in [0.2, 0.25) is 0 Å². The van der Waals surface area contributed by atoms with Crippen molar-refractivity contribution in [3.63, 3.8) is 0 Å². The summed E-state index contributed by atoms with van der Waals surface area (Å²) < 4.78 is 0. The predicted molar refractivity (Wildman–Crippen MR) is 68.3 cm³/mol. The molecule has 2 aromatic rings. The van der Waals surface area contributed by atoms with Gasteiger partial charge < -0.3 is 15.9 Å².